The van der Waals surface area contributed by atoms with Crippen LogP contribution in [0.3, 0.4) is 0 Å². The zero-order chi connectivity index (χ0) is 14.9. The number of amides is 2. The molecule has 20 heavy (non-hydrogen) atoms. The third-order valence-corrected chi connectivity index (χ3v) is 4.74. The number of carbonyl (C=O) groups excluding carboxylic acids is 2. The molecule has 1 fully saturated rings. The van der Waals surface area contributed by atoms with Crippen LogP contribution >= 0.6 is 23.2 Å². The second-order valence-electron chi connectivity index (χ2n) is 4.68. The molecule has 1 saturated heterocycles. The maximum absolute atomic E-state index is 12.7. The molecule has 0 aliphatic carbocycles. The molecule has 1 aromatic carbocycles. The number of carbonyl (C=O) groups is 2. The van der Waals surface area contributed by atoms with Crippen LogP contribution in [-0.4, -0.2) is 40.7 Å². The van der Waals surface area contributed by atoms with Crippen molar-refractivity contribution in [3.05, 3.63) is 30.3 Å². The normalized spacial score (nSPS) is 25.9. The van der Waals surface area contributed by atoms with Crippen molar-refractivity contribution in [3.8, 4) is 0 Å². The molecular formula is C14H16Cl2N2O2. The number of benzene rings is 1. The summed E-state index contributed by atoms with van der Waals surface area (Å²) in [5.41, 5.74) is 0.705. The van der Waals surface area contributed by atoms with Crippen LogP contribution in [0.15, 0.2) is 30.3 Å². The minimum absolute atomic E-state index is 0.0767. The molecule has 1 aliphatic rings. The van der Waals surface area contributed by atoms with E-state index >= 15 is 0 Å². The molecule has 2 rings (SSSR count). The molecule has 0 saturated carbocycles. The topological polar surface area (TPSA) is 40.6 Å². The molecule has 0 spiro atoms. The van der Waals surface area contributed by atoms with Gasteiger partial charge in [-0.25, -0.2) is 0 Å². The Morgan fingerprint density at radius 2 is 2.05 bits per heavy atom. The first kappa shape index (κ1) is 15.1. The standard InChI is InChI=1S/C14H16Cl2N2O2/c1-3-18-12(19)9-11(15)14(18,16)13(20)17(2)10-7-5-4-6-8-10/h4-8,11H,3,9H2,1-2H3/t11?,14-/m0/s1. The van der Waals surface area contributed by atoms with E-state index in [1.165, 1.54) is 9.80 Å². The van der Waals surface area contributed by atoms with Crippen LogP contribution in [0.5, 0.6) is 0 Å². The molecule has 6 heteroatoms. The highest BCUT2D eigenvalue weighted by molar-refractivity contribution is 6.44. The fourth-order valence-electron chi connectivity index (χ4n) is 2.41. The van der Waals surface area contributed by atoms with Crippen LogP contribution in [0.2, 0.25) is 0 Å². The summed E-state index contributed by atoms with van der Waals surface area (Å²) in [6.07, 6.45) is 0.0767. The highest BCUT2D eigenvalue weighted by atomic mass is 35.5. The minimum atomic E-state index is -1.52. The number of anilines is 1. The van der Waals surface area contributed by atoms with E-state index in [1.807, 2.05) is 18.2 Å². The Bertz CT molecular complexity index is 523. The van der Waals surface area contributed by atoms with E-state index in [1.54, 1.807) is 26.1 Å². The zero-order valence-electron chi connectivity index (χ0n) is 11.3. The van der Waals surface area contributed by atoms with Crippen LogP contribution in [0, 0.1) is 0 Å². The average molecular weight is 315 g/mol. The first-order valence-electron chi connectivity index (χ1n) is 6.39. The zero-order valence-corrected chi connectivity index (χ0v) is 12.9. The maximum Gasteiger partial charge on any atom is 0.269 e. The predicted octanol–water partition coefficient (Wildman–Crippen LogP) is 2.44. The SMILES string of the molecule is CCN1C(=O)CC(Cl)[C@@]1(Cl)C(=O)N(C)c1ccccc1. The molecule has 2 atom stereocenters. The van der Waals surface area contributed by atoms with Crippen molar-refractivity contribution in [1.29, 1.82) is 0 Å². The Morgan fingerprint density at radius 3 is 2.60 bits per heavy atom. The van der Waals surface area contributed by atoms with Gasteiger partial charge >= 0.3 is 0 Å². The molecule has 1 heterocycles. The predicted molar refractivity (Wildman–Crippen MR) is 80.1 cm³/mol. The second kappa shape index (κ2) is 5.62. The summed E-state index contributed by atoms with van der Waals surface area (Å²) in [5.74, 6) is -0.588. The van der Waals surface area contributed by atoms with Gasteiger partial charge in [0.2, 0.25) is 10.9 Å². The van der Waals surface area contributed by atoms with Crippen molar-refractivity contribution in [2.75, 3.05) is 18.5 Å². The number of hydrogen-bond donors (Lipinski definition) is 0. The summed E-state index contributed by atoms with van der Waals surface area (Å²) >= 11 is 12.6. The molecule has 0 bridgehead atoms. The first-order valence-corrected chi connectivity index (χ1v) is 7.21. The molecule has 0 aromatic heterocycles. The van der Waals surface area contributed by atoms with E-state index in [0.29, 0.717) is 12.2 Å². The first-order chi connectivity index (χ1) is 9.42. The monoisotopic (exact) mass is 314 g/mol. The second-order valence-corrected chi connectivity index (χ2v) is 5.79. The van der Waals surface area contributed by atoms with Crippen molar-refractivity contribution in [1.82, 2.24) is 4.90 Å². The summed E-state index contributed by atoms with van der Waals surface area (Å²) in [7, 11) is 1.63. The minimum Gasteiger partial charge on any atom is -0.315 e. The number of halogens is 2. The molecule has 2 amide bonds. The number of rotatable bonds is 3. The van der Waals surface area contributed by atoms with Gasteiger partial charge in [0.1, 0.15) is 0 Å². The van der Waals surface area contributed by atoms with E-state index in [-0.39, 0.29) is 12.3 Å². The Morgan fingerprint density at radius 1 is 1.45 bits per heavy atom. The number of hydrogen-bond acceptors (Lipinski definition) is 2. The molecule has 108 valence electrons. The van der Waals surface area contributed by atoms with Crippen molar-refractivity contribution in [2.45, 2.75) is 23.7 Å². The largest absolute Gasteiger partial charge is 0.315 e. The van der Waals surface area contributed by atoms with Crippen LogP contribution in [0.25, 0.3) is 0 Å². The molecule has 1 aromatic rings. The summed E-state index contributed by atoms with van der Waals surface area (Å²) in [4.78, 5) is 25.8. The van der Waals surface area contributed by atoms with Gasteiger partial charge in [0.15, 0.2) is 0 Å². The van der Waals surface area contributed by atoms with E-state index in [2.05, 4.69) is 0 Å². The van der Waals surface area contributed by atoms with Gasteiger partial charge < -0.3 is 9.80 Å². The highest BCUT2D eigenvalue weighted by Crippen LogP contribution is 2.40. The van der Waals surface area contributed by atoms with Gasteiger partial charge in [0, 0.05) is 25.7 Å². The molecule has 1 aliphatic heterocycles. The van der Waals surface area contributed by atoms with Crippen molar-refractivity contribution in [3.63, 3.8) is 0 Å². The van der Waals surface area contributed by atoms with Crippen LogP contribution < -0.4 is 4.90 Å². The van der Waals surface area contributed by atoms with Gasteiger partial charge in [-0.1, -0.05) is 29.8 Å². The average Bonchev–Trinajstić information content (AvgIpc) is 2.68. The summed E-state index contributed by atoms with van der Waals surface area (Å²) in [5, 5.41) is -0.740. The number of likely N-dealkylation sites (N-methyl/N-ethyl adjacent to an activating group) is 2. The van der Waals surface area contributed by atoms with Crippen molar-refractivity contribution < 1.29 is 9.59 Å². The van der Waals surface area contributed by atoms with Gasteiger partial charge in [-0.15, -0.1) is 11.6 Å². The summed E-state index contributed by atoms with van der Waals surface area (Å²) in [6, 6.07) is 9.12. The lowest BCUT2D eigenvalue weighted by atomic mass is 10.1. The Labute approximate surface area is 128 Å². The Balaban J connectivity index is 2.34. The van der Waals surface area contributed by atoms with Crippen LogP contribution in [0.4, 0.5) is 5.69 Å². The van der Waals surface area contributed by atoms with Crippen molar-refractivity contribution >= 4 is 40.7 Å². The molecule has 0 radical (unpaired) electrons. The number of para-hydroxylation sites is 1. The number of nitrogens with zero attached hydrogens (tertiary/aromatic N) is 2. The van der Waals surface area contributed by atoms with Crippen LogP contribution in [-0.2, 0) is 9.59 Å². The van der Waals surface area contributed by atoms with Gasteiger partial charge in [-0.2, -0.15) is 0 Å². The number of alkyl halides is 2. The third kappa shape index (κ3) is 2.27. The fourth-order valence-corrected chi connectivity index (χ4v) is 3.17. The summed E-state index contributed by atoms with van der Waals surface area (Å²) < 4.78 is 0. The maximum atomic E-state index is 12.7. The smallest absolute Gasteiger partial charge is 0.269 e. The van der Waals surface area contributed by atoms with Gasteiger partial charge in [-0.05, 0) is 19.1 Å². The van der Waals surface area contributed by atoms with E-state index in [0.717, 1.165) is 0 Å². The lowest BCUT2D eigenvalue weighted by Crippen LogP contribution is -2.56. The fraction of sp³-hybridized carbons (Fsp3) is 0.429. The van der Waals surface area contributed by atoms with E-state index in [4.69, 9.17) is 23.2 Å². The number of likely N-dealkylation sites (tertiary alicyclic amines) is 1. The quantitative estimate of drug-likeness (QED) is 0.635. The highest BCUT2D eigenvalue weighted by Gasteiger charge is 2.57. The third-order valence-electron chi connectivity index (χ3n) is 3.53. The van der Waals surface area contributed by atoms with Crippen molar-refractivity contribution in [2.24, 2.45) is 0 Å². The molecule has 0 N–H and O–H groups in total. The van der Waals surface area contributed by atoms with Gasteiger partial charge in [0.25, 0.3) is 5.91 Å². The molecular weight excluding hydrogens is 299 g/mol. The van der Waals surface area contributed by atoms with Crippen LogP contribution in [0.1, 0.15) is 13.3 Å². The summed E-state index contributed by atoms with van der Waals surface area (Å²) in [6.45, 7) is 2.12. The van der Waals surface area contributed by atoms with Gasteiger partial charge in [-0.3, -0.25) is 9.59 Å². The Hall–Kier alpha value is -1.26. The lowest BCUT2D eigenvalue weighted by Gasteiger charge is -2.35. The van der Waals surface area contributed by atoms with Gasteiger partial charge in [0.05, 0.1) is 5.38 Å². The lowest BCUT2D eigenvalue weighted by molar-refractivity contribution is -0.135. The Kier molecular flexibility index (Phi) is 4.25. The molecule has 1 unspecified atom stereocenters. The van der Waals surface area contributed by atoms with E-state index < -0.39 is 16.3 Å². The molecule has 4 nitrogen and oxygen atoms in total. The van der Waals surface area contributed by atoms with E-state index in [9.17, 15) is 9.59 Å².